The van der Waals surface area contributed by atoms with Crippen LogP contribution < -0.4 is 5.32 Å². The molecular formula is C22H21N3O2S. The van der Waals surface area contributed by atoms with Gasteiger partial charge in [0.2, 0.25) is 0 Å². The van der Waals surface area contributed by atoms with E-state index in [1.54, 1.807) is 18.0 Å². The Hall–Kier alpha value is -2.99. The molecule has 0 aliphatic rings. The maximum absolute atomic E-state index is 13.0. The monoisotopic (exact) mass is 391 g/mol. The van der Waals surface area contributed by atoms with Crippen LogP contribution in [0.2, 0.25) is 0 Å². The standard InChI is InChI=1S/C22H21N3O2S/c1-28-14-12-19(21-23-17-9-5-6-10-18(17)24-21)25-22(26)20-16(11-13-27-20)15-7-3-2-4-8-15/h2-11,13,19H,12,14H2,1H3,(H,23,24)(H,25,26)/t19-/m1/s1. The number of hydrogen-bond donors (Lipinski definition) is 2. The fourth-order valence-electron chi connectivity index (χ4n) is 3.20. The van der Waals surface area contributed by atoms with Crippen molar-refractivity contribution < 1.29 is 9.21 Å². The molecule has 1 atom stereocenters. The van der Waals surface area contributed by atoms with E-state index >= 15 is 0 Å². The number of thioether (sulfide) groups is 1. The third-order valence-electron chi connectivity index (χ3n) is 4.61. The molecule has 0 saturated heterocycles. The zero-order chi connectivity index (χ0) is 19.3. The van der Waals surface area contributed by atoms with Crippen LogP contribution in [0.25, 0.3) is 22.2 Å². The number of para-hydroxylation sites is 2. The van der Waals surface area contributed by atoms with Gasteiger partial charge in [-0.2, -0.15) is 11.8 Å². The van der Waals surface area contributed by atoms with Crippen LogP contribution in [0, 0.1) is 0 Å². The van der Waals surface area contributed by atoms with Gasteiger partial charge in [-0.25, -0.2) is 4.98 Å². The highest BCUT2D eigenvalue weighted by molar-refractivity contribution is 7.98. The lowest BCUT2D eigenvalue weighted by Gasteiger charge is -2.16. The second-order valence-electron chi connectivity index (χ2n) is 6.48. The molecule has 4 rings (SSSR count). The normalized spacial score (nSPS) is 12.2. The first-order valence-corrected chi connectivity index (χ1v) is 10.5. The average Bonchev–Trinajstić information content (AvgIpc) is 3.38. The fourth-order valence-corrected chi connectivity index (χ4v) is 3.68. The lowest BCUT2D eigenvalue weighted by Crippen LogP contribution is -2.29. The van der Waals surface area contributed by atoms with Crippen molar-refractivity contribution in [1.82, 2.24) is 15.3 Å². The quantitative estimate of drug-likeness (QED) is 0.463. The minimum absolute atomic E-state index is 0.221. The van der Waals surface area contributed by atoms with Crippen molar-refractivity contribution in [3.05, 3.63) is 78.5 Å². The molecule has 6 heteroatoms. The molecule has 2 aromatic carbocycles. The van der Waals surface area contributed by atoms with Gasteiger partial charge in [0, 0.05) is 5.56 Å². The highest BCUT2D eigenvalue weighted by Crippen LogP contribution is 2.26. The number of aromatic amines is 1. The van der Waals surface area contributed by atoms with Gasteiger partial charge in [-0.3, -0.25) is 4.79 Å². The molecule has 1 amide bonds. The maximum Gasteiger partial charge on any atom is 0.288 e. The lowest BCUT2D eigenvalue weighted by atomic mass is 10.1. The van der Waals surface area contributed by atoms with Gasteiger partial charge in [0.05, 0.1) is 23.3 Å². The molecule has 0 radical (unpaired) electrons. The van der Waals surface area contributed by atoms with Crippen molar-refractivity contribution >= 4 is 28.7 Å². The molecule has 5 nitrogen and oxygen atoms in total. The van der Waals surface area contributed by atoms with Crippen molar-refractivity contribution in [3.8, 4) is 11.1 Å². The highest BCUT2D eigenvalue weighted by atomic mass is 32.2. The van der Waals surface area contributed by atoms with Crippen molar-refractivity contribution in [3.63, 3.8) is 0 Å². The van der Waals surface area contributed by atoms with Crippen LogP contribution in [0.4, 0.5) is 0 Å². The van der Waals surface area contributed by atoms with Crippen LogP contribution >= 0.6 is 11.8 Å². The Labute approximate surface area is 167 Å². The number of H-pyrrole nitrogens is 1. The molecule has 0 aliphatic carbocycles. The number of nitrogens with one attached hydrogen (secondary N) is 2. The first-order valence-electron chi connectivity index (χ1n) is 9.13. The molecule has 0 aliphatic heterocycles. The van der Waals surface area contributed by atoms with Crippen LogP contribution in [0.3, 0.4) is 0 Å². The summed E-state index contributed by atoms with van der Waals surface area (Å²) in [5.41, 5.74) is 3.59. The second kappa shape index (κ2) is 8.35. The SMILES string of the molecule is CSCC[C@@H](NC(=O)c1occc1-c1ccccc1)c1nc2ccccc2[nH]1. The number of fused-ring (bicyclic) bond motifs is 1. The molecule has 2 N–H and O–H groups in total. The summed E-state index contributed by atoms with van der Waals surface area (Å²) in [6.07, 6.45) is 4.38. The van der Waals surface area contributed by atoms with E-state index in [9.17, 15) is 4.79 Å². The summed E-state index contributed by atoms with van der Waals surface area (Å²) < 4.78 is 5.53. The number of carbonyl (C=O) groups excluding carboxylic acids is 1. The van der Waals surface area contributed by atoms with E-state index in [0.717, 1.165) is 40.2 Å². The van der Waals surface area contributed by atoms with E-state index < -0.39 is 0 Å². The molecule has 0 bridgehead atoms. The number of nitrogens with zero attached hydrogens (tertiary/aromatic N) is 1. The highest BCUT2D eigenvalue weighted by Gasteiger charge is 2.23. The molecule has 0 spiro atoms. The zero-order valence-electron chi connectivity index (χ0n) is 15.5. The summed E-state index contributed by atoms with van der Waals surface area (Å²) in [6, 6.07) is 19.2. The minimum Gasteiger partial charge on any atom is -0.459 e. The van der Waals surface area contributed by atoms with Gasteiger partial charge in [-0.1, -0.05) is 42.5 Å². The smallest absolute Gasteiger partial charge is 0.288 e. The van der Waals surface area contributed by atoms with E-state index in [2.05, 4.69) is 21.5 Å². The fraction of sp³-hybridized carbons (Fsp3) is 0.182. The largest absolute Gasteiger partial charge is 0.459 e. The summed E-state index contributed by atoms with van der Waals surface area (Å²) in [5.74, 6) is 1.74. The molecule has 2 aromatic heterocycles. The molecule has 142 valence electrons. The van der Waals surface area contributed by atoms with E-state index in [-0.39, 0.29) is 11.9 Å². The predicted octanol–water partition coefficient (Wildman–Crippen LogP) is 5.05. The Bertz CT molecular complexity index is 1040. The number of carbonyl (C=O) groups is 1. The van der Waals surface area contributed by atoms with Gasteiger partial charge in [0.15, 0.2) is 5.76 Å². The van der Waals surface area contributed by atoms with Gasteiger partial charge >= 0.3 is 0 Å². The average molecular weight is 391 g/mol. The van der Waals surface area contributed by atoms with E-state index in [0.29, 0.717) is 5.76 Å². The number of rotatable bonds is 7. The molecule has 0 saturated carbocycles. The molecule has 0 unspecified atom stereocenters. The second-order valence-corrected chi connectivity index (χ2v) is 7.46. The third kappa shape index (κ3) is 3.82. The van der Waals surface area contributed by atoms with Crippen LogP contribution in [0.1, 0.15) is 28.8 Å². The number of benzene rings is 2. The Balaban J connectivity index is 1.61. The van der Waals surface area contributed by atoms with Crippen LogP contribution in [-0.4, -0.2) is 27.9 Å². The third-order valence-corrected chi connectivity index (χ3v) is 5.25. The Morgan fingerprint density at radius 2 is 1.93 bits per heavy atom. The van der Waals surface area contributed by atoms with Crippen LogP contribution in [0.15, 0.2) is 71.3 Å². The summed E-state index contributed by atoms with van der Waals surface area (Å²) >= 11 is 1.74. The van der Waals surface area contributed by atoms with Gasteiger partial charge < -0.3 is 14.7 Å². The number of imidazole rings is 1. The van der Waals surface area contributed by atoms with E-state index in [4.69, 9.17) is 4.42 Å². The van der Waals surface area contributed by atoms with Crippen molar-refractivity contribution in [2.45, 2.75) is 12.5 Å². The first kappa shape index (κ1) is 18.4. The van der Waals surface area contributed by atoms with E-state index in [1.165, 1.54) is 0 Å². The first-order chi connectivity index (χ1) is 13.8. The summed E-state index contributed by atoms with van der Waals surface area (Å²) in [6.45, 7) is 0. The Kier molecular flexibility index (Phi) is 5.48. The molecule has 4 aromatic rings. The van der Waals surface area contributed by atoms with Crippen LogP contribution in [0.5, 0.6) is 0 Å². The summed E-state index contributed by atoms with van der Waals surface area (Å²) in [7, 11) is 0. The maximum atomic E-state index is 13.0. The topological polar surface area (TPSA) is 70.9 Å². The Morgan fingerprint density at radius 3 is 2.71 bits per heavy atom. The minimum atomic E-state index is -0.240. The molecular weight excluding hydrogens is 370 g/mol. The van der Waals surface area contributed by atoms with Gasteiger partial charge in [-0.05, 0) is 42.2 Å². The number of hydrogen-bond acceptors (Lipinski definition) is 4. The van der Waals surface area contributed by atoms with Crippen molar-refractivity contribution in [1.29, 1.82) is 0 Å². The van der Waals surface area contributed by atoms with E-state index in [1.807, 2.05) is 60.7 Å². The zero-order valence-corrected chi connectivity index (χ0v) is 16.3. The van der Waals surface area contributed by atoms with Crippen molar-refractivity contribution in [2.24, 2.45) is 0 Å². The van der Waals surface area contributed by atoms with Crippen molar-refractivity contribution in [2.75, 3.05) is 12.0 Å². The lowest BCUT2D eigenvalue weighted by molar-refractivity contribution is 0.0907. The number of furan rings is 1. The van der Waals surface area contributed by atoms with Gasteiger partial charge in [0.1, 0.15) is 5.82 Å². The summed E-state index contributed by atoms with van der Waals surface area (Å²) in [5, 5.41) is 3.10. The molecule has 0 fully saturated rings. The van der Waals surface area contributed by atoms with Gasteiger partial charge in [-0.15, -0.1) is 0 Å². The molecule has 2 heterocycles. The number of aromatic nitrogens is 2. The van der Waals surface area contributed by atoms with Crippen LogP contribution in [-0.2, 0) is 0 Å². The van der Waals surface area contributed by atoms with Gasteiger partial charge in [0.25, 0.3) is 5.91 Å². The predicted molar refractivity (Wildman–Crippen MR) is 113 cm³/mol. The summed E-state index contributed by atoms with van der Waals surface area (Å²) in [4.78, 5) is 21.0. The molecule has 28 heavy (non-hydrogen) atoms. The number of amides is 1. The Morgan fingerprint density at radius 1 is 1.14 bits per heavy atom.